The second-order valence-corrected chi connectivity index (χ2v) is 10.9. The van der Waals surface area contributed by atoms with Crippen LogP contribution in [0.5, 0.6) is 0 Å². The van der Waals surface area contributed by atoms with Gasteiger partial charge in [0.05, 0.1) is 11.2 Å². The summed E-state index contributed by atoms with van der Waals surface area (Å²) in [6.45, 7) is 9.77. The van der Waals surface area contributed by atoms with Gasteiger partial charge in [-0.05, 0) is 61.1 Å². The van der Waals surface area contributed by atoms with Gasteiger partial charge in [0, 0.05) is 63.7 Å². The summed E-state index contributed by atoms with van der Waals surface area (Å²) in [7, 11) is 0. The number of rotatable bonds is 5. The smallest absolute Gasteiger partial charge is 0.354 e. The molecule has 3 heterocycles. The molecule has 0 radical (unpaired) electrons. The number of aryl methyl sites for hydroxylation is 1. The van der Waals surface area contributed by atoms with Crippen LogP contribution in [0.3, 0.4) is 0 Å². The molecule has 3 fully saturated rings. The first-order chi connectivity index (χ1) is 17.2. The van der Waals surface area contributed by atoms with E-state index in [2.05, 4.69) is 33.1 Å². The number of piperazine rings is 1. The predicted octanol–water partition coefficient (Wildman–Crippen LogP) is 0.694. The second kappa shape index (κ2) is 8.43. The zero-order chi connectivity index (χ0) is 25.2. The molecule has 10 heteroatoms. The lowest BCUT2D eigenvalue weighted by Gasteiger charge is -2.35. The number of nitrogens with one attached hydrogen (secondary N) is 1. The van der Waals surface area contributed by atoms with Crippen molar-refractivity contribution in [2.75, 3.05) is 44.6 Å². The standard InChI is InChI=1S/C26H34N8O2/c1-16-11-18(4-3-17(16)13-31-14-19-20(15-31)23(19)27)34-6-5-22(30-25(34)36)29-24(35)33-9-7-32(8-10-33)21-12-26(21,2)28/h3-6,11-12,19-20,23H,7-10,13-15,27-28H2,1-2H3,(H,29,30,35,36). The van der Waals surface area contributed by atoms with E-state index in [1.54, 1.807) is 17.2 Å². The molecule has 36 heavy (non-hydrogen) atoms. The number of anilines is 1. The van der Waals surface area contributed by atoms with E-state index in [0.717, 1.165) is 49.7 Å². The van der Waals surface area contributed by atoms with Crippen LogP contribution in [0.25, 0.3) is 5.69 Å². The Morgan fingerprint density at radius 1 is 1.17 bits per heavy atom. The van der Waals surface area contributed by atoms with E-state index in [9.17, 15) is 9.59 Å². The number of aromatic nitrogens is 2. The molecule has 5 N–H and O–H groups in total. The number of hydrogen-bond donors (Lipinski definition) is 3. The summed E-state index contributed by atoms with van der Waals surface area (Å²) in [5.41, 5.74) is 15.7. The van der Waals surface area contributed by atoms with Crippen molar-refractivity contribution in [3.8, 4) is 5.69 Å². The normalized spacial score (nSPS) is 29.1. The van der Waals surface area contributed by atoms with E-state index in [1.807, 2.05) is 25.1 Å². The molecule has 1 saturated carbocycles. The Kier molecular flexibility index (Phi) is 5.43. The number of nitrogens with two attached hydrogens (primary N) is 2. The van der Waals surface area contributed by atoms with Crippen molar-refractivity contribution in [3.63, 3.8) is 0 Å². The number of carbonyl (C=O) groups is 1. The first-order valence-electron chi connectivity index (χ1n) is 12.7. The molecular formula is C26H34N8O2. The van der Waals surface area contributed by atoms with Crippen molar-refractivity contribution in [2.45, 2.75) is 32.0 Å². The zero-order valence-corrected chi connectivity index (χ0v) is 20.9. The van der Waals surface area contributed by atoms with Gasteiger partial charge >= 0.3 is 11.7 Å². The third-order valence-electron chi connectivity index (χ3n) is 8.19. The minimum absolute atomic E-state index is 0.250. The largest absolute Gasteiger partial charge is 0.370 e. The number of fused-ring (bicyclic) bond motifs is 1. The summed E-state index contributed by atoms with van der Waals surface area (Å²) < 4.78 is 1.50. The maximum Gasteiger partial charge on any atom is 0.354 e. The highest BCUT2D eigenvalue weighted by Crippen LogP contribution is 2.44. The van der Waals surface area contributed by atoms with Crippen LogP contribution in [0, 0.1) is 18.8 Å². The molecular weight excluding hydrogens is 456 g/mol. The van der Waals surface area contributed by atoms with Crippen molar-refractivity contribution in [1.29, 1.82) is 0 Å². The van der Waals surface area contributed by atoms with E-state index in [1.165, 1.54) is 10.1 Å². The van der Waals surface area contributed by atoms with Crippen LogP contribution in [0.15, 0.2) is 47.0 Å². The Morgan fingerprint density at radius 3 is 2.47 bits per heavy atom. The quantitative estimate of drug-likeness (QED) is 0.563. The molecule has 2 aliphatic carbocycles. The Morgan fingerprint density at radius 2 is 1.86 bits per heavy atom. The molecule has 10 nitrogen and oxygen atoms in total. The van der Waals surface area contributed by atoms with Crippen molar-refractivity contribution >= 4 is 11.8 Å². The molecule has 2 saturated heterocycles. The third-order valence-corrected chi connectivity index (χ3v) is 8.19. The van der Waals surface area contributed by atoms with Gasteiger partial charge < -0.3 is 21.3 Å². The molecule has 3 unspecified atom stereocenters. The summed E-state index contributed by atoms with van der Waals surface area (Å²) in [6.07, 6.45) is 3.71. The fraction of sp³-hybridized carbons (Fsp3) is 0.500. The predicted molar refractivity (Wildman–Crippen MR) is 138 cm³/mol. The second-order valence-electron chi connectivity index (χ2n) is 10.9. The van der Waals surface area contributed by atoms with Gasteiger partial charge in [0.2, 0.25) is 0 Å². The fourth-order valence-electron chi connectivity index (χ4n) is 5.73. The van der Waals surface area contributed by atoms with Crippen molar-refractivity contribution in [2.24, 2.45) is 23.3 Å². The lowest BCUT2D eigenvalue weighted by atomic mass is 10.1. The summed E-state index contributed by atoms with van der Waals surface area (Å²) in [4.78, 5) is 36.0. The Hall–Kier alpha value is -3.21. The summed E-state index contributed by atoms with van der Waals surface area (Å²) in [5, 5.41) is 2.77. The van der Waals surface area contributed by atoms with E-state index in [-0.39, 0.29) is 17.4 Å². The van der Waals surface area contributed by atoms with Gasteiger partial charge in [0.1, 0.15) is 5.82 Å². The van der Waals surface area contributed by atoms with Crippen LogP contribution in [0.1, 0.15) is 18.1 Å². The number of likely N-dealkylation sites (tertiary alicyclic amines) is 1. The Bertz CT molecular complexity index is 1280. The molecule has 190 valence electrons. The van der Waals surface area contributed by atoms with E-state index in [0.29, 0.717) is 31.0 Å². The van der Waals surface area contributed by atoms with Crippen molar-refractivity contribution < 1.29 is 4.79 Å². The monoisotopic (exact) mass is 490 g/mol. The van der Waals surface area contributed by atoms with Gasteiger partial charge in [-0.1, -0.05) is 6.07 Å². The van der Waals surface area contributed by atoms with E-state index in [4.69, 9.17) is 11.5 Å². The van der Waals surface area contributed by atoms with E-state index >= 15 is 0 Å². The number of nitrogens with zero attached hydrogens (tertiary/aromatic N) is 5. The highest BCUT2D eigenvalue weighted by atomic mass is 16.2. The number of amides is 2. The lowest BCUT2D eigenvalue weighted by molar-refractivity contribution is 0.167. The van der Waals surface area contributed by atoms with Gasteiger partial charge in [-0.15, -0.1) is 0 Å². The molecule has 3 atom stereocenters. The summed E-state index contributed by atoms with van der Waals surface area (Å²) >= 11 is 0. The first kappa shape index (κ1) is 23.2. The molecule has 1 aromatic carbocycles. The average molecular weight is 491 g/mol. The molecule has 0 bridgehead atoms. The zero-order valence-electron chi connectivity index (χ0n) is 20.9. The van der Waals surface area contributed by atoms with Crippen LogP contribution in [0.4, 0.5) is 10.6 Å². The van der Waals surface area contributed by atoms with Gasteiger partial charge in [-0.3, -0.25) is 14.8 Å². The van der Waals surface area contributed by atoms with Gasteiger partial charge in [0.15, 0.2) is 0 Å². The number of benzene rings is 1. The molecule has 2 aromatic rings. The SMILES string of the molecule is Cc1cc(-n2ccc(NC(=O)N3CCN(C4=CC4(C)N)CC3)nc2=O)ccc1CN1CC2C(N)C2C1. The van der Waals surface area contributed by atoms with Gasteiger partial charge in [0.25, 0.3) is 0 Å². The Labute approximate surface area is 210 Å². The number of hydrogen-bond acceptors (Lipinski definition) is 7. The number of piperidine rings is 1. The van der Waals surface area contributed by atoms with Crippen LogP contribution < -0.4 is 22.5 Å². The maximum absolute atomic E-state index is 12.8. The summed E-state index contributed by atoms with van der Waals surface area (Å²) in [5.74, 6) is 1.59. The lowest BCUT2D eigenvalue weighted by Crippen LogP contribution is -2.50. The van der Waals surface area contributed by atoms with Crippen molar-refractivity contribution in [3.05, 3.63) is 63.8 Å². The minimum Gasteiger partial charge on any atom is -0.370 e. The van der Waals surface area contributed by atoms with Crippen LogP contribution in [-0.4, -0.2) is 81.1 Å². The summed E-state index contributed by atoms with van der Waals surface area (Å²) in [6, 6.07) is 7.86. The van der Waals surface area contributed by atoms with Crippen LogP contribution >= 0.6 is 0 Å². The molecule has 2 aliphatic heterocycles. The highest BCUT2D eigenvalue weighted by Gasteiger charge is 2.53. The van der Waals surface area contributed by atoms with Gasteiger partial charge in [-0.2, -0.15) is 4.98 Å². The van der Waals surface area contributed by atoms with E-state index < -0.39 is 5.69 Å². The molecule has 1 aromatic heterocycles. The average Bonchev–Trinajstić information content (AvgIpc) is 3.58. The third kappa shape index (κ3) is 4.29. The fourth-order valence-corrected chi connectivity index (χ4v) is 5.73. The minimum atomic E-state index is -0.429. The number of carbonyl (C=O) groups excluding carboxylic acids is 1. The topological polar surface area (TPSA) is 126 Å². The van der Waals surface area contributed by atoms with Crippen LogP contribution in [-0.2, 0) is 6.54 Å². The molecule has 4 aliphatic rings. The first-order valence-corrected chi connectivity index (χ1v) is 12.7. The molecule has 2 amide bonds. The highest BCUT2D eigenvalue weighted by molar-refractivity contribution is 5.88. The Balaban J connectivity index is 1.06. The maximum atomic E-state index is 12.8. The van der Waals surface area contributed by atoms with Crippen molar-refractivity contribution in [1.82, 2.24) is 24.3 Å². The molecule has 0 spiro atoms. The number of urea groups is 1. The molecule has 6 rings (SSSR count). The van der Waals surface area contributed by atoms with Gasteiger partial charge in [-0.25, -0.2) is 9.59 Å². The van der Waals surface area contributed by atoms with Crippen LogP contribution in [0.2, 0.25) is 0 Å².